The van der Waals surface area contributed by atoms with E-state index >= 15 is 0 Å². The number of nitrogens with two attached hydrogens (primary N) is 1. The molecule has 3 N–H and O–H groups in total. The molecule has 0 saturated carbocycles. The van der Waals surface area contributed by atoms with Gasteiger partial charge in [-0.3, -0.25) is 9.59 Å². The number of amides is 2. The van der Waals surface area contributed by atoms with E-state index in [0.29, 0.717) is 23.6 Å². The molecule has 2 amide bonds. The Bertz CT molecular complexity index is 895. The molecule has 2 aromatic carbocycles. The van der Waals surface area contributed by atoms with Crippen LogP contribution in [0.15, 0.2) is 48.5 Å². The Morgan fingerprint density at radius 3 is 2.72 bits per heavy atom. The van der Waals surface area contributed by atoms with Crippen LogP contribution in [0.1, 0.15) is 53.1 Å². The van der Waals surface area contributed by atoms with Gasteiger partial charge in [0.05, 0.1) is 11.3 Å². The van der Waals surface area contributed by atoms with Gasteiger partial charge in [0.25, 0.3) is 5.91 Å². The zero-order valence-corrected chi connectivity index (χ0v) is 16.8. The zero-order valence-electron chi connectivity index (χ0n) is 16.8. The van der Waals surface area contributed by atoms with Crippen molar-refractivity contribution in [1.82, 2.24) is 4.90 Å². The first-order chi connectivity index (χ1) is 14.1. The number of likely N-dealkylation sites (tertiary alicyclic amines) is 1. The van der Waals surface area contributed by atoms with Gasteiger partial charge in [0, 0.05) is 13.0 Å². The molecule has 2 aromatic rings. The van der Waals surface area contributed by atoms with Crippen LogP contribution in [0.2, 0.25) is 0 Å². The molecule has 152 valence electrons. The average molecular weight is 392 g/mol. The van der Waals surface area contributed by atoms with Crippen LogP contribution in [0.25, 0.3) is 0 Å². The first-order valence-corrected chi connectivity index (χ1v) is 10.6. The van der Waals surface area contributed by atoms with E-state index in [9.17, 15) is 9.59 Å². The molecule has 1 fully saturated rings. The molecule has 0 aromatic heterocycles. The molecule has 2 atom stereocenters. The summed E-state index contributed by atoms with van der Waals surface area (Å²) in [5, 5.41) is 2.83. The molecule has 1 aliphatic heterocycles. The van der Waals surface area contributed by atoms with E-state index in [0.717, 1.165) is 32.0 Å². The maximum absolute atomic E-state index is 12.3. The van der Waals surface area contributed by atoms with Crippen LogP contribution in [0.4, 0.5) is 5.69 Å². The van der Waals surface area contributed by atoms with Crippen molar-refractivity contribution in [3.63, 3.8) is 0 Å². The highest BCUT2D eigenvalue weighted by Crippen LogP contribution is 2.41. The molecule has 1 saturated heterocycles. The molecule has 0 bridgehead atoms. The monoisotopic (exact) mass is 391 g/mol. The molecule has 29 heavy (non-hydrogen) atoms. The number of nitrogens with zero attached hydrogens (tertiary/aromatic N) is 1. The quantitative estimate of drug-likeness (QED) is 0.791. The van der Waals surface area contributed by atoms with Crippen molar-refractivity contribution < 1.29 is 9.59 Å². The summed E-state index contributed by atoms with van der Waals surface area (Å²) < 4.78 is 0. The van der Waals surface area contributed by atoms with Gasteiger partial charge in [-0.25, -0.2) is 0 Å². The molecule has 1 heterocycles. The van der Waals surface area contributed by atoms with Gasteiger partial charge in [-0.15, -0.1) is 0 Å². The lowest BCUT2D eigenvalue weighted by Crippen LogP contribution is -2.41. The van der Waals surface area contributed by atoms with Gasteiger partial charge in [-0.2, -0.15) is 0 Å². The fourth-order valence-electron chi connectivity index (χ4n) is 4.96. The average Bonchev–Trinajstić information content (AvgIpc) is 2.73. The summed E-state index contributed by atoms with van der Waals surface area (Å²) in [5.41, 5.74) is 9.32. The second-order valence-electron chi connectivity index (χ2n) is 8.25. The third-order valence-corrected chi connectivity index (χ3v) is 6.40. The molecule has 0 radical (unpaired) electrons. The van der Waals surface area contributed by atoms with Crippen LogP contribution in [0.3, 0.4) is 0 Å². The van der Waals surface area contributed by atoms with E-state index in [1.165, 1.54) is 24.8 Å². The number of carbonyl (C=O) groups excluding carboxylic acids is 2. The van der Waals surface area contributed by atoms with Crippen molar-refractivity contribution in [2.75, 3.05) is 25.0 Å². The molecule has 1 aliphatic carbocycles. The minimum Gasteiger partial charge on any atom is -0.366 e. The minimum atomic E-state index is -0.530. The van der Waals surface area contributed by atoms with Gasteiger partial charge in [0.2, 0.25) is 5.91 Å². The topological polar surface area (TPSA) is 75.4 Å². The van der Waals surface area contributed by atoms with Gasteiger partial charge in [0.1, 0.15) is 0 Å². The summed E-state index contributed by atoms with van der Waals surface area (Å²) in [7, 11) is 0. The Hall–Kier alpha value is -2.66. The maximum atomic E-state index is 12.3. The third kappa shape index (κ3) is 4.51. The van der Waals surface area contributed by atoms with Crippen molar-refractivity contribution in [2.24, 2.45) is 11.7 Å². The fraction of sp³-hybridized carbons (Fsp3) is 0.417. The summed E-state index contributed by atoms with van der Waals surface area (Å²) in [6.07, 6.45) is 4.92. The Kier molecular flexibility index (Phi) is 5.95. The van der Waals surface area contributed by atoms with Crippen molar-refractivity contribution in [3.05, 3.63) is 65.2 Å². The minimum absolute atomic E-state index is 0.0693. The van der Waals surface area contributed by atoms with Crippen LogP contribution in [0, 0.1) is 5.92 Å². The van der Waals surface area contributed by atoms with Crippen LogP contribution in [-0.2, 0) is 11.2 Å². The van der Waals surface area contributed by atoms with Gasteiger partial charge in [-0.1, -0.05) is 36.4 Å². The Labute approximate surface area is 172 Å². The van der Waals surface area contributed by atoms with Gasteiger partial charge in [-0.05, 0) is 73.9 Å². The number of aryl methyl sites for hydroxylation is 1. The summed E-state index contributed by atoms with van der Waals surface area (Å²) in [4.78, 5) is 26.3. The van der Waals surface area contributed by atoms with E-state index in [1.54, 1.807) is 29.8 Å². The van der Waals surface area contributed by atoms with Gasteiger partial charge in [0.15, 0.2) is 0 Å². The fourth-order valence-corrected chi connectivity index (χ4v) is 4.96. The molecule has 5 heteroatoms. The number of primary amides is 1. The zero-order chi connectivity index (χ0) is 20.2. The third-order valence-electron chi connectivity index (χ3n) is 6.40. The van der Waals surface area contributed by atoms with Gasteiger partial charge >= 0.3 is 0 Å². The number of carbonyl (C=O) groups is 2. The normalized spacial score (nSPS) is 21.1. The van der Waals surface area contributed by atoms with Crippen molar-refractivity contribution in [2.45, 2.75) is 38.0 Å². The number of piperidine rings is 1. The highest BCUT2D eigenvalue weighted by molar-refractivity contribution is 6.02. The number of rotatable bonds is 6. The highest BCUT2D eigenvalue weighted by atomic mass is 16.2. The van der Waals surface area contributed by atoms with Crippen molar-refractivity contribution in [1.29, 1.82) is 0 Å². The van der Waals surface area contributed by atoms with Crippen LogP contribution < -0.4 is 11.1 Å². The Balaban J connectivity index is 1.25. The lowest BCUT2D eigenvalue weighted by molar-refractivity contribution is -0.116. The predicted octanol–water partition coefficient (Wildman–Crippen LogP) is 3.56. The SMILES string of the molecule is NC(=O)c1ccccc1NC(=O)CCCN1CCC2c3ccccc3CCC2C1. The largest absolute Gasteiger partial charge is 0.366 e. The first kappa shape index (κ1) is 19.6. The number of fused-ring (bicyclic) bond motifs is 3. The number of nitrogens with one attached hydrogen (secondary N) is 1. The van der Waals surface area contributed by atoms with Crippen LogP contribution in [0.5, 0.6) is 0 Å². The molecule has 0 spiro atoms. The smallest absolute Gasteiger partial charge is 0.250 e. The number of para-hydroxylation sites is 1. The molecule has 2 aliphatic rings. The van der Waals surface area contributed by atoms with E-state index in [2.05, 4.69) is 34.5 Å². The summed E-state index contributed by atoms with van der Waals surface area (Å²) in [6.45, 7) is 3.17. The number of hydrogen-bond donors (Lipinski definition) is 2. The highest BCUT2D eigenvalue weighted by Gasteiger charge is 2.33. The van der Waals surface area contributed by atoms with E-state index < -0.39 is 5.91 Å². The molecular formula is C24H29N3O2. The standard InChI is InChI=1S/C24H29N3O2/c25-24(29)21-8-3-4-9-22(21)26-23(28)10-5-14-27-15-13-20-18(16-27)12-11-17-6-1-2-7-19(17)20/h1-4,6-9,18,20H,5,10-16H2,(H2,25,29)(H,26,28). The van der Waals surface area contributed by atoms with Crippen LogP contribution in [-0.4, -0.2) is 36.3 Å². The van der Waals surface area contributed by atoms with E-state index in [4.69, 9.17) is 5.73 Å². The molecule has 2 unspecified atom stereocenters. The number of benzene rings is 2. The maximum Gasteiger partial charge on any atom is 0.250 e. The Morgan fingerprint density at radius 1 is 1.07 bits per heavy atom. The van der Waals surface area contributed by atoms with E-state index in [-0.39, 0.29) is 5.91 Å². The van der Waals surface area contributed by atoms with Crippen molar-refractivity contribution in [3.8, 4) is 0 Å². The second-order valence-corrected chi connectivity index (χ2v) is 8.25. The first-order valence-electron chi connectivity index (χ1n) is 10.6. The lowest BCUT2D eigenvalue weighted by atomic mass is 9.71. The van der Waals surface area contributed by atoms with Crippen molar-refractivity contribution >= 4 is 17.5 Å². The summed E-state index contributed by atoms with van der Waals surface area (Å²) in [6, 6.07) is 15.8. The number of anilines is 1. The second kappa shape index (κ2) is 8.78. The van der Waals surface area contributed by atoms with Crippen LogP contribution >= 0.6 is 0 Å². The lowest BCUT2D eigenvalue weighted by Gasteiger charge is -2.42. The molecular weight excluding hydrogens is 362 g/mol. The predicted molar refractivity (Wildman–Crippen MR) is 115 cm³/mol. The van der Waals surface area contributed by atoms with Gasteiger partial charge < -0.3 is 16.0 Å². The van der Waals surface area contributed by atoms with E-state index in [1.807, 2.05) is 0 Å². The Morgan fingerprint density at radius 2 is 1.86 bits per heavy atom. The summed E-state index contributed by atoms with van der Waals surface area (Å²) in [5.74, 6) is 0.831. The number of hydrogen-bond acceptors (Lipinski definition) is 3. The molecule has 5 nitrogen and oxygen atoms in total. The molecule has 4 rings (SSSR count). The summed E-state index contributed by atoms with van der Waals surface area (Å²) >= 11 is 0.